The molecule has 1 aromatic carbocycles. The molecule has 0 spiro atoms. The van der Waals surface area contributed by atoms with Crippen molar-refractivity contribution in [1.29, 1.82) is 0 Å². The van der Waals surface area contributed by atoms with Crippen LogP contribution in [-0.4, -0.2) is 31.6 Å². The van der Waals surface area contributed by atoms with Gasteiger partial charge < -0.3 is 14.4 Å². The van der Waals surface area contributed by atoms with Gasteiger partial charge in [-0.3, -0.25) is 4.79 Å². The van der Waals surface area contributed by atoms with Gasteiger partial charge in [-0.05, 0) is 32.0 Å². The fourth-order valence-corrected chi connectivity index (χ4v) is 3.04. The van der Waals surface area contributed by atoms with E-state index in [1.807, 2.05) is 42.7 Å². The molecule has 1 aromatic heterocycles. The molecule has 0 saturated carbocycles. The summed E-state index contributed by atoms with van der Waals surface area (Å²) in [7, 11) is 0. The second kappa shape index (κ2) is 7.64. The molecule has 0 radical (unpaired) electrons. The van der Waals surface area contributed by atoms with Gasteiger partial charge in [-0.1, -0.05) is 33.8 Å². The first-order valence-electron chi connectivity index (χ1n) is 6.71. The Kier molecular flexibility index (Phi) is 5.84. The van der Waals surface area contributed by atoms with Gasteiger partial charge in [0, 0.05) is 11.0 Å². The third kappa shape index (κ3) is 4.23. The van der Waals surface area contributed by atoms with Crippen LogP contribution in [0.1, 0.15) is 25.8 Å². The summed E-state index contributed by atoms with van der Waals surface area (Å²) in [5.74, 6) is 0.484. The minimum absolute atomic E-state index is 0.0427. The van der Waals surface area contributed by atoms with Crippen molar-refractivity contribution in [2.75, 3.05) is 5.75 Å². The van der Waals surface area contributed by atoms with Gasteiger partial charge in [0.25, 0.3) is 0 Å². The maximum atomic E-state index is 10.7. The summed E-state index contributed by atoms with van der Waals surface area (Å²) in [5.41, 5.74) is 0. The number of carboxylic acid groups (broad SMARTS) is 1. The van der Waals surface area contributed by atoms with Crippen molar-refractivity contribution in [3.8, 4) is 5.75 Å². The zero-order valence-electron chi connectivity index (χ0n) is 12.2. The highest BCUT2D eigenvalue weighted by molar-refractivity contribution is 9.10. The molecule has 2 aromatic rings. The molecule has 1 heterocycles. The van der Waals surface area contributed by atoms with E-state index in [-0.39, 0.29) is 11.9 Å². The number of carbonyl (C=O) groups is 1. The first-order chi connectivity index (χ1) is 10.5. The van der Waals surface area contributed by atoms with Crippen molar-refractivity contribution < 1.29 is 14.6 Å². The van der Waals surface area contributed by atoms with E-state index in [1.54, 1.807) is 0 Å². The third-order valence-electron chi connectivity index (χ3n) is 2.86. The summed E-state index contributed by atoms with van der Waals surface area (Å²) in [6.07, 6.45) is -0.291. The predicted octanol–water partition coefficient (Wildman–Crippen LogP) is 3.38. The van der Waals surface area contributed by atoms with Crippen LogP contribution in [0.2, 0.25) is 0 Å². The number of rotatable bonds is 7. The molecule has 6 nitrogen and oxygen atoms in total. The summed E-state index contributed by atoms with van der Waals surface area (Å²) >= 11 is 4.56. The second-order valence-corrected chi connectivity index (χ2v) is 6.34. The molecule has 0 saturated heterocycles. The summed E-state index contributed by atoms with van der Waals surface area (Å²) < 4.78 is 8.69. The molecule has 22 heavy (non-hydrogen) atoms. The number of aliphatic carboxylic acids is 1. The first-order valence-corrected chi connectivity index (χ1v) is 8.49. The summed E-state index contributed by atoms with van der Waals surface area (Å²) in [6.45, 7) is 4.50. The maximum absolute atomic E-state index is 10.7. The monoisotopic (exact) mass is 385 g/mol. The topological polar surface area (TPSA) is 77.2 Å². The average Bonchev–Trinajstić information content (AvgIpc) is 2.88. The summed E-state index contributed by atoms with van der Waals surface area (Å²) in [4.78, 5) is 10.7. The zero-order valence-corrected chi connectivity index (χ0v) is 14.6. The molecule has 1 atom stereocenters. The van der Waals surface area contributed by atoms with Gasteiger partial charge in [-0.2, -0.15) is 0 Å². The Morgan fingerprint density at radius 1 is 1.50 bits per heavy atom. The van der Waals surface area contributed by atoms with Gasteiger partial charge in [0.1, 0.15) is 5.75 Å². The quantitative estimate of drug-likeness (QED) is 0.736. The van der Waals surface area contributed by atoms with E-state index in [9.17, 15) is 4.79 Å². The number of ether oxygens (including phenoxy) is 1. The Morgan fingerprint density at radius 2 is 2.27 bits per heavy atom. The number of halogens is 1. The molecular weight excluding hydrogens is 370 g/mol. The lowest BCUT2D eigenvalue weighted by Gasteiger charge is -2.15. The molecule has 8 heteroatoms. The van der Waals surface area contributed by atoms with E-state index in [4.69, 9.17) is 9.84 Å². The van der Waals surface area contributed by atoms with Crippen LogP contribution in [0.25, 0.3) is 0 Å². The number of nitrogens with zero attached hydrogens (tertiary/aromatic N) is 3. The van der Waals surface area contributed by atoms with Crippen LogP contribution < -0.4 is 4.74 Å². The number of hydrogen-bond donors (Lipinski definition) is 1. The van der Waals surface area contributed by atoms with E-state index < -0.39 is 5.97 Å². The van der Waals surface area contributed by atoms with E-state index in [0.29, 0.717) is 17.5 Å². The van der Waals surface area contributed by atoms with Gasteiger partial charge in [0.2, 0.25) is 0 Å². The Bertz CT molecular complexity index is 663. The normalized spacial score (nSPS) is 12.1. The molecule has 1 unspecified atom stereocenters. The smallest absolute Gasteiger partial charge is 0.313 e. The fourth-order valence-electron chi connectivity index (χ4n) is 1.93. The SMILES string of the molecule is CCn1c(SCC(=O)O)nnc1C(C)Oc1cccc(Br)c1. The highest BCUT2D eigenvalue weighted by Gasteiger charge is 2.19. The molecule has 0 amide bonds. The predicted molar refractivity (Wildman–Crippen MR) is 87.2 cm³/mol. The Hall–Kier alpha value is -1.54. The van der Waals surface area contributed by atoms with Crippen molar-refractivity contribution >= 4 is 33.7 Å². The molecule has 0 aliphatic rings. The number of benzene rings is 1. The van der Waals surface area contributed by atoms with Gasteiger partial charge in [0.05, 0.1) is 5.75 Å². The Morgan fingerprint density at radius 3 is 2.91 bits per heavy atom. The first kappa shape index (κ1) is 16.8. The van der Waals surface area contributed by atoms with Gasteiger partial charge in [-0.25, -0.2) is 0 Å². The van der Waals surface area contributed by atoms with Gasteiger partial charge in [-0.15, -0.1) is 10.2 Å². The number of thioether (sulfide) groups is 1. The molecule has 118 valence electrons. The second-order valence-electron chi connectivity index (χ2n) is 4.48. The lowest BCUT2D eigenvalue weighted by atomic mass is 10.3. The molecule has 0 aliphatic heterocycles. The van der Waals surface area contributed by atoms with E-state index in [1.165, 1.54) is 0 Å². The lowest BCUT2D eigenvalue weighted by molar-refractivity contribution is -0.133. The number of aromatic nitrogens is 3. The third-order valence-corrected chi connectivity index (χ3v) is 4.30. The highest BCUT2D eigenvalue weighted by Crippen LogP contribution is 2.26. The van der Waals surface area contributed by atoms with Crippen LogP contribution in [0.3, 0.4) is 0 Å². The minimum atomic E-state index is -0.879. The zero-order chi connectivity index (χ0) is 16.1. The molecule has 0 fully saturated rings. The van der Waals surface area contributed by atoms with Crippen LogP contribution in [0.5, 0.6) is 5.75 Å². The molecule has 0 aliphatic carbocycles. The standard InChI is InChI=1S/C14H16BrN3O3S/c1-3-18-13(16-17-14(18)22-8-12(19)20)9(2)21-11-6-4-5-10(15)7-11/h4-7,9H,3,8H2,1-2H3,(H,19,20). The van der Waals surface area contributed by atoms with Crippen LogP contribution in [0, 0.1) is 0 Å². The van der Waals surface area contributed by atoms with E-state index in [2.05, 4.69) is 26.1 Å². The average molecular weight is 386 g/mol. The number of carboxylic acids is 1. The highest BCUT2D eigenvalue weighted by atomic mass is 79.9. The van der Waals surface area contributed by atoms with E-state index in [0.717, 1.165) is 22.0 Å². The van der Waals surface area contributed by atoms with Gasteiger partial charge in [0.15, 0.2) is 17.1 Å². The summed E-state index contributed by atoms with van der Waals surface area (Å²) in [6, 6.07) is 7.56. The number of hydrogen-bond acceptors (Lipinski definition) is 5. The van der Waals surface area contributed by atoms with Crippen LogP contribution in [0.4, 0.5) is 0 Å². The van der Waals surface area contributed by atoms with Gasteiger partial charge >= 0.3 is 5.97 Å². The van der Waals surface area contributed by atoms with Crippen molar-refractivity contribution in [1.82, 2.24) is 14.8 Å². The largest absolute Gasteiger partial charge is 0.483 e. The minimum Gasteiger partial charge on any atom is -0.483 e. The van der Waals surface area contributed by atoms with Crippen molar-refractivity contribution in [2.24, 2.45) is 0 Å². The molecule has 2 rings (SSSR count). The molecular formula is C14H16BrN3O3S. The Balaban J connectivity index is 2.15. The lowest BCUT2D eigenvalue weighted by Crippen LogP contribution is -2.12. The fraction of sp³-hybridized carbons (Fsp3) is 0.357. The molecule has 1 N–H and O–H groups in total. The molecule has 0 bridgehead atoms. The van der Waals surface area contributed by atoms with Crippen molar-refractivity contribution in [3.05, 3.63) is 34.6 Å². The van der Waals surface area contributed by atoms with Crippen molar-refractivity contribution in [3.63, 3.8) is 0 Å². The maximum Gasteiger partial charge on any atom is 0.313 e. The van der Waals surface area contributed by atoms with Crippen LogP contribution in [-0.2, 0) is 11.3 Å². The summed E-state index contributed by atoms with van der Waals surface area (Å²) in [5, 5.41) is 17.6. The van der Waals surface area contributed by atoms with Crippen molar-refractivity contribution in [2.45, 2.75) is 31.7 Å². The Labute approximate surface area is 141 Å². The van der Waals surface area contributed by atoms with Crippen LogP contribution in [0.15, 0.2) is 33.9 Å². The van der Waals surface area contributed by atoms with E-state index >= 15 is 0 Å². The van der Waals surface area contributed by atoms with Crippen LogP contribution >= 0.6 is 27.7 Å².